The number of fused-ring (bicyclic) bond motifs is 1. The highest BCUT2D eigenvalue weighted by atomic mass is 35.5. The predicted octanol–water partition coefficient (Wildman–Crippen LogP) is 8.20. The lowest BCUT2D eigenvalue weighted by molar-refractivity contribution is 0.0374. The molecule has 4 aromatic rings. The first-order valence-electron chi connectivity index (χ1n) is 13.1. The summed E-state index contributed by atoms with van der Waals surface area (Å²) < 4.78 is 0. The monoisotopic (exact) mass is 532 g/mol. The Morgan fingerprint density at radius 3 is 2.42 bits per heavy atom. The minimum atomic E-state index is -0.287. The van der Waals surface area contributed by atoms with Crippen molar-refractivity contribution in [1.82, 2.24) is 10.5 Å². The van der Waals surface area contributed by atoms with Crippen LogP contribution in [0.5, 0.6) is 0 Å². The molecule has 0 aliphatic heterocycles. The summed E-state index contributed by atoms with van der Waals surface area (Å²) in [6.07, 6.45) is 5.88. The Labute approximate surface area is 230 Å². The number of hydrogen-bond acceptors (Lipinski definition) is 5. The highest BCUT2D eigenvalue weighted by molar-refractivity contribution is 6.34. The topological polar surface area (TPSA) is 66.5 Å². The molecule has 7 heteroatoms. The van der Waals surface area contributed by atoms with Gasteiger partial charge in [0.05, 0.1) is 22.0 Å². The van der Waals surface area contributed by atoms with Crippen molar-refractivity contribution in [2.45, 2.75) is 47.0 Å². The van der Waals surface area contributed by atoms with Crippen LogP contribution in [0, 0.1) is 6.92 Å². The number of anilines is 2. The van der Waals surface area contributed by atoms with Gasteiger partial charge in [0.2, 0.25) is 0 Å². The van der Waals surface area contributed by atoms with Crippen molar-refractivity contribution < 1.29 is 9.73 Å². The Balaban J connectivity index is 0.000000732. The zero-order valence-corrected chi connectivity index (χ0v) is 23.6. The fourth-order valence-corrected chi connectivity index (χ4v) is 4.36. The van der Waals surface area contributed by atoms with Crippen LogP contribution in [-0.2, 0) is 4.94 Å². The molecule has 1 heterocycles. The normalized spacial score (nSPS) is 10.6. The van der Waals surface area contributed by atoms with Gasteiger partial charge in [-0.05, 0) is 61.2 Å². The number of pyridine rings is 1. The van der Waals surface area contributed by atoms with Gasteiger partial charge in [0.25, 0.3) is 5.91 Å². The first-order valence-corrected chi connectivity index (χ1v) is 13.5. The van der Waals surface area contributed by atoms with Gasteiger partial charge in [0.15, 0.2) is 0 Å². The molecule has 38 heavy (non-hydrogen) atoms. The van der Waals surface area contributed by atoms with Crippen LogP contribution >= 0.6 is 11.6 Å². The van der Waals surface area contributed by atoms with E-state index in [1.165, 1.54) is 19.3 Å². The number of carbonyl (C=O) groups is 1. The lowest BCUT2D eigenvalue weighted by atomic mass is 9.99. The molecule has 1 aromatic heterocycles. The molecule has 0 fully saturated rings. The number of hydroxylamine groups is 2. The van der Waals surface area contributed by atoms with Gasteiger partial charge in [-0.15, -0.1) is 0 Å². The average Bonchev–Trinajstić information content (AvgIpc) is 2.93. The molecule has 200 valence electrons. The number of aryl methyl sites for hydroxylation is 1. The Kier molecular flexibility index (Phi) is 11.1. The third kappa shape index (κ3) is 7.32. The van der Waals surface area contributed by atoms with Crippen molar-refractivity contribution in [2.24, 2.45) is 0 Å². The van der Waals surface area contributed by atoms with Crippen LogP contribution < -0.4 is 15.9 Å². The zero-order chi connectivity index (χ0) is 27.5. The van der Waals surface area contributed by atoms with E-state index in [-0.39, 0.29) is 5.91 Å². The molecule has 0 saturated carbocycles. The van der Waals surface area contributed by atoms with Crippen LogP contribution in [0.25, 0.3) is 22.0 Å². The van der Waals surface area contributed by atoms with E-state index >= 15 is 0 Å². The van der Waals surface area contributed by atoms with Gasteiger partial charge in [0.1, 0.15) is 0 Å². The minimum absolute atomic E-state index is 0.287. The Morgan fingerprint density at radius 2 is 1.76 bits per heavy atom. The third-order valence-electron chi connectivity index (χ3n) is 6.11. The summed E-state index contributed by atoms with van der Waals surface area (Å²) in [5.41, 5.74) is 7.36. The molecule has 0 saturated heterocycles. The fraction of sp³-hybridized carbons (Fsp3) is 0.290. The first kappa shape index (κ1) is 29.1. The molecule has 2 N–H and O–H groups in total. The second-order valence-corrected chi connectivity index (χ2v) is 9.28. The van der Waals surface area contributed by atoms with E-state index < -0.39 is 0 Å². The van der Waals surface area contributed by atoms with Crippen LogP contribution in [0.15, 0.2) is 72.9 Å². The smallest absolute Gasteiger partial charge is 0.257 e. The van der Waals surface area contributed by atoms with Crippen LogP contribution in [0.3, 0.4) is 0 Å². The molecule has 0 unspecified atom stereocenters. The highest BCUT2D eigenvalue weighted by Gasteiger charge is 2.15. The summed E-state index contributed by atoms with van der Waals surface area (Å²) in [6, 6.07) is 21.1. The summed E-state index contributed by atoms with van der Waals surface area (Å²) in [6.45, 7) is 9.02. The van der Waals surface area contributed by atoms with E-state index in [0.29, 0.717) is 22.8 Å². The van der Waals surface area contributed by atoms with Gasteiger partial charge in [-0.25, -0.2) is 5.06 Å². The number of aromatic nitrogens is 1. The largest absolute Gasteiger partial charge is 0.322 e. The lowest BCUT2D eigenvalue weighted by Gasteiger charge is -2.21. The quantitative estimate of drug-likeness (QED) is 0.213. The molecule has 3 aromatic carbocycles. The molecular formula is C31H37ClN4O2. The number of unbranched alkanes of at least 4 members (excludes halogenated alkanes) is 2. The summed E-state index contributed by atoms with van der Waals surface area (Å²) >= 11 is 6.44. The lowest BCUT2D eigenvalue weighted by Crippen LogP contribution is -2.29. The summed E-state index contributed by atoms with van der Waals surface area (Å²) in [5.74, 6) is -0.287. The van der Waals surface area contributed by atoms with Gasteiger partial charge in [-0.2, -0.15) is 10.4 Å². The number of rotatable bonds is 9. The molecule has 6 nitrogen and oxygen atoms in total. The second-order valence-electron chi connectivity index (χ2n) is 8.87. The number of nitrogens with zero attached hydrogens (tertiary/aromatic N) is 2. The van der Waals surface area contributed by atoms with E-state index in [2.05, 4.69) is 41.8 Å². The third-order valence-corrected chi connectivity index (χ3v) is 6.42. The minimum Gasteiger partial charge on any atom is -0.322 e. The van der Waals surface area contributed by atoms with Crippen LogP contribution in [0.1, 0.15) is 56.0 Å². The summed E-state index contributed by atoms with van der Waals surface area (Å²) in [7, 11) is 1.68. The summed E-state index contributed by atoms with van der Waals surface area (Å²) in [5, 5.41) is 7.12. The van der Waals surface area contributed by atoms with E-state index in [1.54, 1.807) is 36.5 Å². The van der Waals surface area contributed by atoms with Gasteiger partial charge in [-0.1, -0.05) is 75.0 Å². The summed E-state index contributed by atoms with van der Waals surface area (Å²) in [4.78, 5) is 23.0. The van der Waals surface area contributed by atoms with Crippen molar-refractivity contribution >= 4 is 39.7 Å². The maximum atomic E-state index is 13.0. The molecule has 1 amide bonds. The second kappa shape index (κ2) is 14.5. The average molecular weight is 533 g/mol. The fourth-order valence-electron chi connectivity index (χ4n) is 4.09. The van der Waals surface area contributed by atoms with Crippen LogP contribution in [0.2, 0.25) is 5.02 Å². The number of nitrogens with one attached hydrogen (secondary N) is 2. The SMILES string of the molecule is CCCCC.CCN(ONC)c1ccc(C(=O)Nc2ccc(C)c(-c3nccc4ccccc34)c2)c(Cl)c1. The van der Waals surface area contributed by atoms with E-state index in [1.807, 2.05) is 50.2 Å². The predicted molar refractivity (Wildman–Crippen MR) is 160 cm³/mol. The van der Waals surface area contributed by atoms with Crippen molar-refractivity contribution in [3.8, 4) is 11.3 Å². The molecule has 0 aliphatic carbocycles. The standard InChI is InChI=1S/C26H25ClN4O2.C5H12/c1-4-31(33-28-3)20-11-12-22(24(27)16-20)26(32)30-19-10-9-17(2)23(15-19)25-21-8-6-5-7-18(21)13-14-29-25;1-3-5-4-2/h5-16,28H,4H2,1-3H3,(H,30,32);3-5H2,1-2H3. The maximum Gasteiger partial charge on any atom is 0.257 e. The molecular weight excluding hydrogens is 496 g/mol. The molecule has 0 bridgehead atoms. The van der Waals surface area contributed by atoms with E-state index in [4.69, 9.17) is 16.5 Å². The molecule has 0 atom stereocenters. The maximum absolute atomic E-state index is 13.0. The Hall–Kier alpha value is -3.45. The Bertz CT molecular complexity index is 1350. The number of carbonyl (C=O) groups excluding carboxylic acids is 1. The Morgan fingerprint density at radius 1 is 1.00 bits per heavy atom. The molecule has 0 radical (unpaired) electrons. The van der Waals surface area contributed by atoms with Crippen LogP contribution in [-0.4, -0.2) is 24.5 Å². The number of benzene rings is 3. The highest BCUT2D eigenvalue weighted by Crippen LogP contribution is 2.31. The number of hydrogen-bond donors (Lipinski definition) is 2. The van der Waals surface area contributed by atoms with Gasteiger partial charge in [-0.3, -0.25) is 9.78 Å². The first-order chi connectivity index (χ1) is 18.4. The number of halogens is 1. The zero-order valence-electron chi connectivity index (χ0n) is 22.8. The molecule has 0 spiro atoms. The van der Waals surface area contributed by atoms with E-state index in [9.17, 15) is 4.79 Å². The number of amides is 1. The van der Waals surface area contributed by atoms with E-state index in [0.717, 1.165) is 33.3 Å². The van der Waals surface area contributed by atoms with Gasteiger partial charge >= 0.3 is 0 Å². The van der Waals surface area contributed by atoms with Crippen molar-refractivity contribution in [3.63, 3.8) is 0 Å². The van der Waals surface area contributed by atoms with Crippen molar-refractivity contribution in [3.05, 3.63) is 89.1 Å². The van der Waals surface area contributed by atoms with Crippen molar-refractivity contribution in [2.75, 3.05) is 24.0 Å². The van der Waals surface area contributed by atoms with Gasteiger partial charge < -0.3 is 5.32 Å². The molecule has 4 rings (SSSR count). The molecule has 0 aliphatic rings. The van der Waals surface area contributed by atoms with Gasteiger partial charge in [0, 0.05) is 36.4 Å². The van der Waals surface area contributed by atoms with Crippen LogP contribution in [0.4, 0.5) is 11.4 Å². The van der Waals surface area contributed by atoms with Crippen molar-refractivity contribution in [1.29, 1.82) is 0 Å².